The first-order valence-electron chi connectivity index (χ1n) is 10.4. The second-order valence-electron chi connectivity index (χ2n) is 8.07. The second kappa shape index (κ2) is 9.18. The van der Waals surface area contributed by atoms with Gasteiger partial charge in [0.05, 0.1) is 10.4 Å². The van der Waals surface area contributed by atoms with Crippen LogP contribution >= 0.6 is 0 Å². The quantitative estimate of drug-likeness (QED) is 0.586. The number of benzene rings is 2. The summed E-state index contributed by atoms with van der Waals surface area (Å²) in [5.74, 6) is 0.855. The molecule has 0 aliphatic carbocycles. The van der Waals surface area contributed by atoms with E-state index in [1.807, 2.05) is 30.3 Å². The lowest BCUT2D eigenvalue weighted by molar-refractivity contribution is 0.286. The zero-order valence-corrected chi connectivity index (χ0v) is 18.2. The van der Waals surface area contributed by atoms with Crippen LogP contribution in [-0.4, -0.2) is 44.2 Å². The molecular formula is C23H27FN4OS. The maximum atomic E-state index is 13.9. The first-order chi connectivity index (χ1) is 14.5. The lowest BCUT2D eigenvalue weighted by Crippen LogP contribution is -2.44. The highest BCUT2D eigenvalue weighted by Crippen LogP contribution is 2.29. The van der Waals surface area contributed by atoms with Crippen LogP contribution in [0.1, 0.15) is 26.7 Å². The van der Waals surface area contributed by atoms with Gasteiger partial charge in [-0.1, -0.05) is 18.2 Å². The van der Waals surface area contributed by atoms with E-state index < -0.39 is 11.0 Å². The third kappa shape index (κ3) is 4.52. The van der Waals surface area contributed by atoms with Crippen LogP contribution in [0, 0.1) is 11.7 Å². The van der Waals surface area contributed by atoms with Gasteiger partial charge in [-0.05, 0) is 62.9 Å². The largest absolute Gasteiger partial charge is 0.356 e. The molecule has 158 valence electrons. The predicted molar refractivity (Wildman–Crippen MR) is 119 cm³/mol. The number of halogens is 1. The monoisotopic (exact) mass is 426 g/mol. The fraction of sp³-hybridized carbons (Fsp3) is 0.391. The molecule has 1 saturated heterocycles. The zero-order valence-electron chi connectivity index (χ0n) is 17.4. The Morgan fingerprint density at radius 2 is 2.00 bits per heavy atom. The van der Waals surface area contributed by atoms with Crippen LogP contribution in [0.2, 0.25) is 0 Å². The highest BCUT2D eigenvalue weighted by atomic mass is 32.2. The molecule has 0 spiro atoms. The van der Waals surface area contributed by atoms with E-state index in [9.17, 15) is 8.60 Å². The fourth-order valence-corrected chi connectivity index (χ4v) is 5.46. The summed E-state index contributed by atoms with van der Waals surface area (Å²) >= 11 is 0. The Kier molecular flexibility index (Phi) is 6.39. The first-order valence-corrected chi connectivity index (χ1v) is 11.5. The highest BCUT2D eigenvalue weighted by molar-refractivity contribution is 7.82. The minimum Gasteiger partial charge on any atom is -0.356 e. The maximum absolute atomic E-state index is 13.9. The SMILES string of the molecule is CC(C)N(CC1CCCN(c2ncnc3ccc(F)cc23)C1)S(=O)c1ccccc1. The van der Waals surface area contributed by atoms with Gasteiger partial charge in [-0.15, -0.1) is 0 Å². The Labute approximate surface area is 179 Å². The summed E-state index contributed by atoms with van der Waals surface area (Å²) in [5, 5.41) is 0.742. The molecule has 2 atom stereocenters. The lowest BCUT2D eigenvalue weighted by atomic mass is 9.97. The maximum Gasteiger partial charge on any atom is 0.139 e. The summed E-state index contributed by atoms with van der Waals surface area (Å²) in [6.07, 6.45) is 3.64. The van der Waals surface area contributed by atoms with Crippen molar-refractivity contribution in [3.63, 3.8) is 0 Å². The van der Waals surface area contributed by atoms with Crippen LogP contribution < -0.4 is 4.90 Å². The lowest BCUT2D eigenvalue weighted by Gasteiger charge is -2.37. The molecule has 0 saturated carbocycles. The Morgan fingerprint density at radius 3 is 2.77 bits per heavy atom. The number of anilines is 1. The topological polar surface area (TPSA) is 49.3 Å². The molecule has 3 aromatic rings. The molecule has 0 amide bonds. The van der Waals surface area contributed by atoms with E-state index in [1.165, 1.54) is 12.1 Å². The van der Waals surface area contributed by atoms with E-state index in [0.717, 1.165) is 54.1 Å². The highest BCUT2D eigenvalue weighted by Gasteiger charge is 2.28. The average molecular weight is 427 g/mol. The molecule has 1 fully saturated rings. The summed E-state index contributed by atoms with van der Waals surface area (Å²) in [7, 11) is -1.19. The first kappa shape index (κ1) is 20.9. The molecular weight excluding hydrogens is 399 g/mol. The van der Waals surface area contributed by atoms with Gasteiger partial charge < -0.3 is 4.90 Å². The average Bonchev–Trinajstić information content (AvgIpc) is 2.77. The van der Waals surface area contributed by atoms with Crippen molar-refractivity contribution in [2.45, 2.75) is 37.6 Å². The van der Waals surface area contributed by atoms with Gasteiger partial charge >= 0.3 is 0 Å². The molecule has 4 rings (SSSR count). The van der Waals surface area contributed by atoms with Gasteiger partial charge in [0.15, 0.2) is 0 Å². The second-order valence-corrected chi connectivity index (χ2v) is 9.51. The normalized spacial score (nSPS) is 18.3. The number of fused-ring (bicyclic) bond motifs is 1. The van der Waals surface area contributed by atoms with E-state index in [4.69, 9.17) is 0 Å². The molecule has 1 aliphatic heterocycles. The molecule has 0 N–H and O–H groups in total. The van der Waals surface area contributed by atoms with Crippen LogP contribution in [0.4, 0.5) is 10.2 Å². The number of aromatic nitrogens is 2. The van der Waals surface area contributed by atoms with Gasteiger partial charge in [-0.25, -0.2) is 22.9 Å². The van der Waals surface area contributed by atoms with E-state index >= 15 is 0 Å². The van der Waals surface area contributed by atoms with Crippen molar-refractivity contribution < 1.29 is 8.60 Å². The Hall–Kier alpha value is -2.38. The van der Waals surface area contributed by atoms with Crippen LogP contribution in [-0.2, 0) is 11.0 Å². The van der Waals surface area contributed by atoms with E-state index in [2.05, 4.69) is 33.0 Å². The molecule has 1 aliphatic rings. The summed E-state index contributed by atoms with van der Waals surface area (Å²) in [5.41, 5.74) is 0.748. The van der Waals surface area contributed by atoms with Crippen molar-refractivity contribution in [2.75, 3.05) is 24.5 Å². The molecule has 5 nitrogen and oxygen atoms in total. The molecule has 30 heavy (non-hydrogen) atoms. The summed E-state index contributed by atoms with van der Waals surface area (Å²) in [6.45, 7) is 6.59. The van der Waals surface area contributed by atoms with Crippen molar-refractivity contribution in [1.29, 1.82) is 0 Å². The van der Waals surface area contributed by atoms with Crippen LogP contribution in [0.25, 0.3) is 10.9 Å². The third-order valence-electron chi connectivity index (χ3n) is 5.57. The van der Waals surface area contributed by atoms with Crippen molar-refractivity contribution >= 4 is 27.7 Å². The van der Waals surface area contributed by atoms with Crippen molar-refractivity contribution in [3.8, 4) is 0 Å². The van der Waals surface area contributed by atoms with Crippen molar-refractivity contribution in [1.82, 2.24) is 14.3 Å². The number of piperidine rings is 1. The smallest absolute Gasteiger partial charge is 0.139 e. The number of hydrogen-bond acceptors (Lipinski definition) is 4. The summed E-state index contributed by atoms with van der Waals surface area (Å²) in [4.78, 5) is 11.8. The fourth-order valence-electron chi connectivity index (χ4n) is 4.07. The summed E-state index contributed by atoms with van der Waals surface area (Å²) < 4.78 is 29.1. The molecule has 2 unspecified atom stereocenters. The number of rotatable bonds is 6. The minimum atomic E-state index is -1.19. The third-order valence-corrected chi connectivity index (χ3v) is 7.24. The number of nitrogens with zero attached hydrogens (tertiary/aromatic N) is 4. The standard InChI is InChI=1S/C23H27FN4OS/c1-17(2)28(30(29)20-8-4-3-5-9-20)15-18-7-6-12-27(14-18)23-21-13-19(24)10-11-22(21)25-16-26-23/h3-5,8-11,13,16-18H,6-7,12,14-15H2,1-2H3. The molecule has 0 radical (unpaired) electrons. The van der Waals surface area contributed by atoms with Gasteiger partial charge in [0.25, 0.3) is 0 Å². The van der Waals surface area contributed by atoms with Crippen LogP contribution in [0.15, 0.2) is 59.8 Å². The number of hydrogen-bond donors (Lipinski definition) is 0. The molecule has 2 aromatic carbocycles. The van der Waals surface area contributed by atoms with Crippen molar-refractivity contribution in [3.05, 3.63) is 60.7 Å². The minimum absolute atomic E-state index is 0.162. The zero-order chi connectivity index (χ0) is 21.1. The Morgan fingerprint density at radius 1 is 1.20 bits per heavy atom. The molecule has 7 heteroatoms. The predicted octanol–water partition coefficient (Wildman–Crippen LogP) is 4.42. The van der Waals surface area contributed by atoms with E-state index in [-0.39, 0.29) is 11.9 Å². The Balaban J connectivity index is 1.54. The van der Waals surface area contributed by atoms with E-state index in [1.54, 1.807) is 12.4 Å². The van der Waals surface area contributed by atoms with Gasteiger partial charge in [0, 0.05) is 31.1 Å². The van der Waals surface area contributed by atoms with Crippen LogP contribution in [0.5, 0.6) is 0 Å². The van der Waals surface area contributed by atoms with Gasteiger partial charge in [0.2, 0.25) is 0 Å². The van der Waals surface area contributed by atoms with Crippen molar-refractivity contribution in [2.24, 2.45) is 5.92 Å². The molecule has 1 aromatic heterocycles. The van der Waals surface area contributed by atoms with E-state index in [0.29, 0.717) is 5.92 Å². The molecule has 0 bridgehead atoms. The van der Waals surface area contributed by atoms with Gasteiger partial charge in [-0.3, -0.25) is 0 Å². The van der Waals surface area contributed by atoms with Crippen LogP contribution in [0.3, 0.4) is 0 Å². The Bertz CT molecular complexity index is 1030. The van der Waals surface area contributed by atoms with Gasteiger partial charge in [-0.2, -0.15) is 0 Å². The summed E-state index contributed by atoms with van der Waals surface area (Å²) in [6, 6.07) is 14.4. The van der Waals surface area contributed by atoms with Gasteiger partial charge in [0.1, 0.15) is 28.9 Å². The molecule has 2 heterocycles.